The Balaban J connectivity index is 2.26. The molecule has 0 saturated carbocycles. The summed E-state index contributed by atoms with van der Waals surface area (Å²) < 4.78 is 0. The van der Waals surface area contributed by atoms with Gasteiger partial charge >= 0.3 is 0 Å². The molecule has 2 rings (SSSR count). The Bertz CT molecular complexity index is 322. The van der Waals surface area contributed by atoms with E-state index in [9.17, 15) is 10.2 Å². The minimum atomic E-state index is -0.0603. The van der Waals surface area contributed by atoms with Crippen molar-refractivity contribution in [3.05, 3.63) is 23.8 Å². The molecular formula is C10H14N2O2. The van der Waals surface area contributed by atoms with Crippen molar-refractivity contribution in [1.82, 2.24) is 10.6 Å². The first-order chi connectivity index (χ1) is 6.79. The number of rotatable bonds is 1. The zero-order chi connectivity index (χ0) is 9.97. The highest BCUT2D eigenvalue weighted by Crippen LogP contribution is 2.32. The largest absolute Gasteiger partial charge is 0.504 e. The summed E-state index contributed by atoms with van der Waals surface area (Å²) in [4.78, 5) is 0. The molecule has 4 N–H and O–H groups in total. The average molecular weight is 194 g/mol. The number of hydrogen-bond donors (Lipinski definition) is 4. The van der Waals surface area contributed by atoms with Crippen LogP contribution in [0.25, 0.3) is 0 Å². The van der Waals surface area contributed by atoms with E-state index in [1.165, 1.54) is 6.07 Å². The van der Waals surface area contributed by atoms with Gasteiger partial charge in [-0.25, -0.2) is 0 Å². The van der Waals surface area contributed by atoms with E-state index in [0.717, 1.165) is 25.2 Å². The Morgan fingerprint density at radius 3 is 2.79 bits per heavy atom. The molecule has 1 aliphatic rings. The Morgan fingerprint density at radius 2 is 2.07 bits per heavy atom. The number of piperazine rings is 1. The lowest BCUT2D eigenvalue weighted by molar-refractivity contribution is 0.376. The van der Waals surface area contributed by atoms with Crippen molar-refractivity contribution in [3.8, 4) is 11.5 Å². The van der Waals surface area contributed by atoms with Crippen molar-refractivity contribution in [2.24, 2.45) is 0 Å². The molecule has 0 unspecified atom stereocenters. The Labute approximate surface area is 82.6 Å². The van der Waals surface area contributed by atoms with E-state index < -0.39 is 0 Å². The highest BCUT2D eigenvalue weighted by Gasteiger charge is 2.18. The zero-order valence-electron chi connectivity index (χ0n) is 7.83. The van der Waals surface area contributed by atoms with Crippen molar-refractivity contribution < 1.29 is 10.2 Å². The van der Waals surface area contributed by atoms with Gasteiger partial charge in [-0.3, -0.25) is 0 Å². The summed E-state index contributed by atoms with van der Waals surface area (Å²) in [5, 5.41) is 25.5. The summed E-state index contributed by atoms with van der Waals surface area (Å²) in [6.45, 7) is 2.59. The lowest BCUT2D eigenvalue weighted by Crippen LogP contribution is -2.42. The van der Waals surface area contributed by atoms with Gasteiger partial charge in [-0.2, -0.15) is 0 Å². The van der Waals surface area contributed by atoms with Gasteiger partial charge in [0, 0.05) is 31.2 Å². The van der Waals surface area contributed by atoms with Crippen LogP contribution in [0.5, 0.6) is 11.5 Å². The van der Waals surface area contributed by atoms with Gasteiger partial charge in [0.15, 0.2) is 11.5 Å². The topological polar surface area (TPSA) is 64.5 Å². The summed E-state index contributed by atoms with van der Waals surface area (Å²) >= 11 is 0. The fraction of sp³-hybridized carbons (Fsp3) is 0.400. The van der Waals surface area contributed by atoms with Crippen LogP contribution in [0.4, 0.5) is 0 Å². The van der Waals surface area contributed by atoms with Gasteiger partial charge in [-0.05, 0) is 6.07 Å². The minimum absolute atomic E-state index is 0.0197. The average Bonchev–Trinajstić information content (AvgIpc) is 2.23. The Morgan fingerprint density at radius 1 is 1.21 bits per heavy atom. The third kappa shape index (κ3) is 1.66. The molecule has 0 radical (unpaired) electrons. The second kappa shape index (κ2) is 3.86. The van der Waals surface area contributed by atoms with E-state index in [4.69, 9.17) is 0 Å². The van der Waals surface area contributed by atoms with Gasteiger partial charge < -0.3 is 20.8 Å². The fourth-order valence-electron chi connectivity index (χ4n) is 1.70. The van der Waals surface area contributed by atoms with Crippen LogP contribution in [-0.2, 0) is 0 Å². The predicted octanol–water partition coefficient (Wildman–Crippen LogP) is 0.332. The second-order valence-corrected chi connectivity index (χ2v) is 3.43. The first-order valence-corrected chi connectivity index (χ1v) is 4.74. The van der Waals surface area contributed by atoms with Crippen molar-refractivity contribution in [2.45, 2.75) is 6.04 Å². The van der Waals surface area contributed by atoms with Crippen molar-refractivity contribution in [1.29, 1.82) is 0 Å². The van der Waals surface area contributed by atoms with Crippen LogP contribution in [0.1, 0.15) is 11.6 Å². The molecule has 1 heterocycles. The number of nitrogens with one attached hydrogen (secondary N) is 2. The van der Waals surface area contributed by atoms with Crippen LogP contribution >= 0.6 is 0 Å². The maximum Gasteiger partial charge on any atom is 0.162 e. The van der Waals surface area contributed by atoms with Gasteiger partial charge in [0.2, 0.25) is 0 Å². The standard InChI is InChI=1S/C10H14N2O2/c13-9-3-1-2-7(10(9)14)8-6-11-4-5-12-8/h1-3,8,11-14H,4-6H2/t8-/m0/s1. The molecule has 4 heteroatoms. The molecule has 76 valence electrons. The highest BCUT2D eigenvalue weighted by molar-refractivity contribution is 5.46. The highest BCUT2D eigenvalue weighted by atomic mass is 16.3. The summed E-state index contributed by atoms with van der Waals surface area (Å²) in [5.74, 6) is -0.0800. The summed E-state index contributed by atoms with van der Waals surface area (Å²) in [5.41, 5.74) is 0.747. The third-order valence-electron chi connectivity index (χ3n) is 2.46. The smallest absolute Gasteiger partial charge is 0.162 e. The molecule has 1 saturated heterocycles. The number of aromatic hydroxyl groups is 2. The first kappa shape index (κ1) is 9.30. The maximum absolute atomic E-state index is 9.63. The molecule has 1 aliphatic heterocycles. The van der Waals surface area contributed by atoms with E-state index in [1.54, 1.807) is 6.07 Å². The summed E-state index contributed by atoms with van der Waals surface area (Å²) in [7, 11) is 0. The number of benzene rings is 1. The SMILES string of the molecule is Oc1cccc([C@@H]2CNCCN2)c1O. The summed E-state index contributed by atoms with van der Waals surface area (Å²) in [6, 6.07) is 5.12. The van der Waals surface area contributed by atoms with Crippen LogP contribution in [0.3, 0.4) is 0 Å². The quantitative estimate of drug-likeness (QED) is 0.486. The van der Waals surface area contributed by atoms with E-state index in [0.29, 0.717) is 0 Å². The van der Waals surface area contributed by atoms with Gasteiger partial charge in [-0.1, -0.05) is 12.1 Å². The van der Waals surface area contributed by atoms with Crippen molar-refractivity contribution in [3.63, 3.8) is 0 Å². The molecule has 0 amide bonds. The van der Waals surface area contributed by atoms with E-state index >= 15 is 0 Å². The second-order valence-electron chi connectivity index (χ2n) is 3.43. The molecule has 1 atom stereocenters. The number of hydrogen-bond acceptors (Lipinski definition) is 4. The molecule has 0 aromatic heterocycles. The van der Waals surface area contributed by atoms with Gasteiger partial charge in [0.05, 0.1) is 0 Å². The molecule has 0 bridgehead atoms. The van der Waals surface area contributed by atoms with Crippen LogP contribution in [0.2, 0.25) is 0 Å². The minimum Gasteiger partial charge on any atom is -0.504 e. The van der Waals surface area contributed by atoms with Gasteiger partial charge in [-0.15, -0.1) is 0 Å². The molecule has 0 aliphatic carbocycles. The van der Waals surface area contributed by atoms with Gasteiger partial charge in [0.25, 0.3) is 0 Å². The van der Waals surface area contributed by atoms with Crippen molar-refractivity contribution >= 4 is 0 Å². The van der Waals surface area contributed by atoms with Crippen LogP contribution < -0.4 is 10.6 Å². The number of phenols is 2. The summed E-state index contributed by atoms with van der Waals surface area (Å²) in [6.07, 6.45) is 0. The molecule has 4 nitrogen and oxygen atoms in total. The normalized spacial score (nSPS) is 22.1. The molecule has 0 spiro atoms. The van der Waals surface area contributed by atoms with Gasteiger partial charge in [0.1, 0.15) is 0 Å². The molecule has 1 aromatic carbocycles. The lowest BCUT2D eigenvalue weighted by atomic mass is 10.0. The zero-order valence-corrected chi connectivity index (χ0v) is 7.83. The first-order valence-electron chi connectivity index (χ1n) is 4.74. The van der Waals surface area contributed by atoms with E-state index in [-0.39, 0.29) is 17.5 Å². The van der Waals surface area contributed by atoms with Crippen molar-refractivity contribution in [2.75, 3.05) is 19.6 Å². The van der Waals surface area contributed by atoms with Crippen LogP contribution in [0, 0.1) is 0 Å². The molecule has 1 fully saturated rings. The van der Waals surface area contributed by atoms with Crippen LogP contribution in [0.15, 0.2) is 18.2 Å². The predicted molar refractivity (Wildman–Crippen MR) is 53.4 cm³/mol. The van der Waals surface area contributed by atoms with E-state index in [1.807, 2.05) is 6.07 Å². The molecule has 1 aromatic rings. The number of para-hydroxylation sites is 1. The van der Waals surface area contributed by atoms with Crippen LogP contribution in [-0.4, -0.2) is 29.8 Å². The fourth-order valence-corrected chi connectivity index (χ4v) is 1.70. The maximum atomic E-state index is 9.63. The number of phenolic OH excluding ortho intramolecular Hbond substituents is 2. The lowest BCUT2D eigenvalue weighted by Gasteiger charge is -2.25. The molecular weight excluding hydrogens is 180 g/mol. The van der Waals surface area contributed by atoms with E-state index in [2.05, 4.69) is 10.6 Å². The monoisotopic (exact) mass is 194 g/mol. The third-order valence-corrected chi connectivity index (χ3v) is 2.46. The molecule has 14 heavy (non-hydrogen) atoms. The Hall–Kier alpha value is -1.26. The Kier molecular flexibility index (Phi) is 2.56.